The Hall–Kier alpha value is -6.75. The number of unbranched alkanes of at least 4 members (excludes halogenated alkanes) is 1. The molecule has 0 unspecified atom stereocenters. The van der Waals surface area contributed by atoms with Gasteiger partial charge in [0.2, 0.25) is 0 Å². The highest BCUT2D eigenvalue weighted by atomic mass is 32.2. The van der Waals surface area contributed by atoms with Crippen LogP contribution in [0.4, 0.5) is 0 Å². The number of fused-ring (bicyclic) bond motifs is 1. The highest BCUT2D eigenvalue weighted by Crippen LogP contribution is 2.31. The number of H-pyrrole nitrogens is 1. The van der Waals surface area contributed by atoms with Crippen molar-refractivity contribution in [1.82, 2.24) is 24.8 Å². The molecule has 1 N–H and O–H groups in total. The fraction of sp³-hybridized carbons (Fsp3) is 0.189. The van der Waals surface area contributed by atoms with Crippen molar-refractivity contribution in [2.75, 3.05) is 19.8 Å². The smallest absolute Gasteiger partial charge is 0.439 e. The number of carbonyl (C=O) groups is 1. The normalized spacial score (nSPS) is 11.5. The number of carbonyl (C=O) groups excluding carboxylic acids is 1. The molecule has 276 valence electrons. The Morgan fingerprint density at radius 2 is 1.63 bits per heavy atom. The summed E-state index contributed by atoms with van der Waals surface area (Å²) in [5, 5.41) is 18.7. The van der Waals surface area contributed by atoms with E-state index in [2.05, 4.69) is 24.9 Å². The number of hydrogen-bond acceptors (Lipinski definition) is 13. The summed E-state index contributed by atoms with van der Waals surface area (Å²) < 4.78 is 54.0. The van der Waals surface area contributed by atoms with Gasteiger partial charge in [0.25, 0.3) is 15.8 Å². The van der Waals surface area contributed by atoms with Crippen LogP contribution in [0.1, 0.15) is 35.7 Å². The fourth-order valence-corrected chi connectivity index (χ4v) is 7.13. The van der Waals surface area contributed by atoms with Crippen LogP contribution in [-0.4, -0.2) is 59.1 Å². The molecule has 0 bridgehead atoms. The molecular formula is C37H32N6O10S. The molecule has 3 heterocycles. The van der Waals surface area contributed by atoms with E-state index < -0.39 is 32.5 Å². The summed E-state index contributed by atoms with van der Waals surface area (Å²) in [6, 6.07) is 28.2. The summed E-state index contributed by atoms with van der Waals surface area (Å²) in [7, 11) is -4.24. The average Bonchev–Trinajstić information content (AvgIpc) is 3.90. The predicted octanol–water partition coefficient (Wildman–Crippen LogP) is 4.96. The van der Waals surface area contributed by atoms with Crippen LogP contribution in [0.3, 0.4) is 0 Å². The summed E-state index contributed by atoms with van der Waals surface area (Å²) in [5.41, 5.74) is 4.75. The Morgan fingerprint density at radius 3 is 2.37 bits per heavy atom. The molecule has 0 saturated heterocycles. The van der Waals surface area contributed by atoms with E-state index in [-0.39, 0.29) is 23.0 Å². The van der Waals surface area contributed by atoms with Crippen LogP contribution in [-0.2, 0) is 21.1 Å². The molecule has 0 spiro atoms. The number of aromatic nitrogens is 6. The molecule has 4 aromatic carbocycles. The second-order valence-electron chi connectivity index (χ2n) is 11.8. The van der Waals surface area contributed by atoms with Gasteiger partial charge >= 0.3 is 22.6 Å². The summed E-state index contributed by atoms with van der Waals surface area (Å²) in [5.74, 6) is -1.34. The van der Waals surface area contributed by atoms with Crippen LogP contribution in [0.15, 0.2) is 121 Å². The number of para-hydroxylation sites is 1. The monoisotopic (exact) mass is 752 g/mol. The molecule has 0 radical (unpaired) electrons. The molecule has 54 heavy (non-hydrogen) atoms. The van der Waals surface area contributed by atoms with E-state index in [0.717, 1.165) is 16.7 Å². The van der Waals surface area contributed by atoms with Crippen LogP contribution >= 0.6 is 0 Å². The van der Waals surface area contributed by atoms with E-state index in [1.54, 1.807) is 24.3 Å². The lowest BCUT2D eigenvalue weighted by molar-refractivity contribution is -0.832. The summed E-state index contributed by atoms with van der Waals surface area (Å²) >= 11 is 0. The van der Waals surface area contributed by atoms with Gasteiger partial charge in [-0.2, -0.15) is 4.98 Å². The van der Waals surface area contributed by atoms with Gasteiger partial charge in [-0.05, 0) is 65.6 Å². The van der Waals surface area contributed by atoms with E-state index in [1.807, 2.05) is 60.0 Å². The van der Waals surface area contributed by atoms with Gasteiger partial charge in [0.1, 0.15) is 0 Å². The predicted molar refractivity (Wildman–Crippen MR) is 190 cm³/mol. The molecule has 0 amide bonds. The minimum Gasteiger partial charge on any atom is -0.465 e. The lowest BCUT2D eigenvalue weighted by Gasteiger charge is -2.13. The van der Waals surface area contributed by atoms with Crippen molar-refractivity contribution in [3.05, 3.63) is 124 Å². The molecule has 3 aromatic heterocycles. The van der Waals surface area contributed by atoms with Gasteiger partial charge in [-0.3, -0.25) is 18.7 Å². The number of rotatable bonds is 15. The molecule has 0 aliphatic carbocycles. The van der Waals surface area contributed by atoms with Gasteiger partial charge in [0.15, 0.2) is 5.82 Å². The molecule has 17 heteroatoms. The molecule has 0 saturated carbocycles. The number of sulfone groups is 1. The topological polar surface area (TPSA) is 209 Å². The van der Waals surface area contributed by atoms with Crippen molar-refractivity contribution in [2.24, 2.45) is 0 Å². The first-order valence-corrected chi connectivity index (χ1v) is 18.3. The fourth-order valence-electron chi connectivity index (χ4n) is 5.83. The van der Waals surface area contributed by atoms with Gasteiger partial charge in [0.05, 0.1) is 53.0 Å². The van der Waals surface area contributed by atoms with E-state index in [9.17, 15) is 23.2 Å². The van der Waals surface area contributed by atoms with E-state index in [4.69, 9.17) is 18.7 Å². The van der Waals surface area contributed by atoms with Gasteiger partial charge in [-0.25, -0.2) is 18.0 Å². The number of nitrogens with one attached hydrogen (secondary N) is 1. The van der Waals surface area contributed by atoms with Crippen molar-refractivity contribution < 1.29 is 41.5 Å². The first-order valence-electron chi connectivity index (χ1n) is 16.8. The van der Waals surface area contributed by atoms with Crippen LogP contribution < -0.4 is 20.1 Å². The maximum atomic E-state index is 13.4. The van der Waals surface area contributed by atoms with Crippen LogP contribution in [0.5, 0.6) is 11.9 Å². The Labute approximate surface area is 307 Å². The van der Waals surface area contributed by atoms with Gasteiger partial charge < -0.3 is 19.4 Å². The third-order valence-corrected chi connectivity index (χ3v) is 10.0. The number of nitrogens with zero attached hydrogens (tertiary/aromatic N) is 5. The quantitative estimate of drug-likeness (QED) is 0.0835. The van der Waals surface area contributed by atoms with Crippen molar-refractivity contribution in [2.45, 2.75) is 36.2 Å². The van der Waals surface area contributed by atoms with Crippen LogP contribution in [0.25, 0.3) is 33.5 Å². The zero-order chi connectivity index (χ0) is 37.7. The number of ether oxygens (including phenoxy) is 3. The number of esters is 1. The van der Waals surface area contributed by atoms with Crippen LogP contribution in [0, 0.1) is 5.21 Å². The van der Waals surface area contributed by atoms with Crippen LogP contribution in [0.2, 0.25) is 0 Å². The molecule has 7 rings (SSSR count). The average molecular weight is 753 g/mol. The van der Waals surface area contributed by atoms with E-state index in [1.165, 1.54) is 24.3 Å². The SMILES string of the molecule is CCOc1nc2cccc(C(=O)OCCCCOc3no[n+]([O-])c3S(=O)(=O)c3ccccc3)c2n1Cc1ccc(-c2ccccc2-c2noc(=O)[nH]2)cc1. The third kappa shape index (κ3) is 7.29. The largest absolute Gasteiger partial charge is 0.465 e. The maximum absolute atomic E-state index is 13.4. The zero-order valence-electron chi connectivity index (χ0n) is 28.7. The van der Waals surface area contributed by atoms with Crippen molar-refractivity contribution in [3.8, 4) is 34.4 Å². The van der Waals surface area contributed by atoms with E-state index in [0.29, 0.717) is 60.0 Å². The number of hydrogen-bond donors (Lipinski definition) is 1. The molecule has 0 aliphatic heterocycles. The molecule has 7 aromatic rings. The molecule has 0 aliphatic rings. The second kappa shape index (κ2) is 15.5. The maximum Gasteiger partial charge on any atom is 0.439 e. The Kier molecular flexibility index (Phi) is 10.2. The summed E-state index contributed by atoms with van der Waals surface area (Å²) in [4.78, 5) is 31.9. The molecule has 0 atom stereocenters. The van der Waals surface area contributed by atoms with Gasteiger partial charge in [-0.1, -0.05) is 78.0 Å². The number of benzene rings is 4. The first-order chi connectivity index (χ1) is 26.2. The standard InChI is InChI=1S/C37H32N6O10S/c1-2-49-36-38-30-16-10-15-29(35(44)51-22-9-8-21-50-33-34(43(46)53-41-33)54(47,48)26-11-4-3-5-12-26)31(30)42(36)23-24-17-19-25(20-18-24)27-13-6-7-14-28(27)32-39-37(45)52-40-32/h3-7,10-20H,2,8-9,21-23H2,1H3,(H,39,40,45). The van der Waals surface area contributed by atoms with Gasteiger partial charge in [-0.15, -0.1) is 0 Å². The minimum absolute atomic E-state index is 0.0223. The Morgan fingerprint density at radius 1 is 0.889 bits per heavy atom. The molecule has 16 nitrogen and oxygen atoms in total. The van der Waals surface area contributed by atoms with Crippen molar-refractivity contribution >= 4 is 26.8 Å². The Balaban J connectivity index is 1.02. The number of imidazole rings is 1. The number of aromatic amines is 1. The molecular weight excluding hydrogens is 721 g/mol. The van der Waals surface area contributed by atoms with E-state index >= 15 is 0 Å². The zero-order valence-corrected chi connectivity index (χ0v) is 29.5. The van der Waals surface area contributed by atoms with Crippen molar-refractivity contribution in [3.63, 3.8) is 0 Å². The molecule has 0 fully saturated rings. The lowest BCUT2D eigenvalue weighted by atomic mass is 9.98. The van der Waals surface area contributed by atoms with Crippen molar-refractivity contribution in [1.29, 1.82) is 0 Å². The highest BCUT2D eigenvalue weighted by Gasteiger charge is 2.35. The Bertz CT molecular complexity index is 2580. The van der Waals surface area contributed by atoms with Gasteiger partial charge in [0, 0.05) is 5.56 Å². The lowest BCUT2D eigenvalue weighted by Crippen LogP contribution is -2.31. The third-order valence-electron chi connectivity index (χ3n) is 8.32. The first kappa shape index (κ1) is 35.6. The minimum atomic E-state index is -4.24. The highest BCUT2D eigenvalue weighted by molar-refractivity contribution is 7.91. The summed E-state index contributed by atoms with van der Waals surface area (Å²) in [6.45, 7) is 2.55. The second-order valence-corrected chi connectivity index (χ2v) is 13.7. The summed E-state index contributed by atoms with van der Waals surface area (Å²) in [6.07, 6.45) is 0.709.